The van der Waals surface area contributed by atoms with Crippen molar-refractivity contribution < 1.29 is 4.79 Å². The minimum atomic E-state index is 0. The van der Waals surface area contributed by atoms with E-state index in [0.717, 1.165) is 25.6 Å². The molecule has 1 heterocycles. The van der Waals surface area contributed by atoms with Gasteiger partial charge < -0.3 is 15.5 Å². The fraction of sp³-hybridized carbons (Fsp3) is 0.889. The number of hydrogen-bond acceptors (Lipinski definition) is 2. The van der Waals surface area contributed by atoms with Crippen LogP contribution in [0.3, 0.4) is 0 Å². The lowest BCUT2D eigenvalue weighted by Crippen LogP contribution is -2.50. The number of nitrogens with zero attached hydrogens (tertiary/aromatic N) is 2. The third-order valence-corrected chi connectivity index (χ3v) is 4.47. The molecule has 0 spiro atoms. The van der Waals surface area contributed by atoms with Crippen LogP contribution in [0.4, 0.5) is 0 Å². The summed E-state index contributed by atoms with van der Waals surface area (Å²) in [4.78, 5) is 18.7. The van der Waals surface area contributed by atoms with E-state index in [4.69, 9.17) is 4.99 Å². The van der Waals surface area contributed by atoms with Crippen LogP contribution in [-0.4, -0.2) is 49.5 Å². The lowest BCUT2D eigenvalue weighted by atomic mass is 9.78. The van der Waals surface area contributed by atoms with Crippen molar-refractivity contribution in [2.45, 2.75) is 60.3 Å². The Morgan fingerprint density at radius 3 is 2.58 bits per heavy atom. The van der Waals surface area contributed by atoms with E-state index in [2.05, 4.69) is 36.3 Å². The van der Waals surface area contributed by atoms with E-state index < -0.39 is 0 Å². The van der Waals surface area contributed by atoms with Crippen LogP contribution in [0.5, 0.6) is 0 Å². The number of piperidine rings is 1. The van der Waals surface area contributed by atoms with Crippen molar-refractivity contribution in [3.05, 3.63) is 0 Å². The van der Waals surface area contributed by atoms with E-state index >= 15 is 0 Å². The van der Waals surface area contributed by atoms with E-state index in [9.17, 15) is 4.79 Å². The van der Waals surface area contributed by atoms with E-state index in [1.807, 2.05) is 13.8 Å². The highest BCUT2D eigenvalue weighted by Gasteiger charge is 2.31. The molecule has 142 valence electrons. The molecule has 6 heteroatoms. The molecule has 1 saturated heterocycles. The van der Waals surface area contributed by atoms with E-state index in [1.54, 1.807) is 0 Å². The number of rotatable bonds is 7. The van der Waals surface area contributed by atoms with Crippen LogP contribution in [0.15, 0.2) is 4.99 Å². The number of carbonyl (C=O) groups is 1. The van der Waals surface area contributed by atoms with Crippen LogP contribution in [0, 0.1) is 11.3 Å². The molecule has 0 saturated carbocycles. The lowest BCUT2D eigenvalue weighted by molar-refractivity contribution is -0.123. The van der Waals surface area contributed by atoms with Gasteiger partial charge in [0.05, 0.1) is 6.54 Å². The number of likely N-dealkylation sites (tertiary alicyclic amines) is 1. The second-order valence-electron chi connectivity index (χ2n) is 7.27. The minimum Gasteiger partial charge on any atom is -0.357 e. The molecule has 0 bridgehead atoms. The van der Waals surface area contributed by atoms with Gasteiger partial charge in [0.2, 0.25) is 5.91 Å². The molecule has 0 aromatic rings. The largest absolute Gasteiger partial charge is 0.357 e. The number of carbonyl (C=O) groups excluding carboxylic acids is 1. The maximum absolute atomic E-state index is 11.6. The van der Waals surface area contributed by atoms with Crippen LogP contribution < -0.4 is 10.6 Å². The van der Waals surface area contributed by atoms with Crippen molar-refractivity contribution in [2.75, 3.05) is 32.7 Å². The maximum atomic E-state index is 11.6. The van der Waals surface area contributed by atoms with Gasteiger partial charge in [-0.25, -0.2) is 0 Å². The standard InChI is InChI=1S/C18H36N4O.HI/c1-6-9-18(5)10-8-13-22(14-18)17(19-7-2)21-12-11-20-16(23)15(3)4;/h15H,6-14H2,1-5H3,(H,19,21)(H,20,23);1H. The minimum absolute atomic E-state index is 0. The molecule has 1 atom stereocenters. The highest BCUT2D eigenvalue weighted by Crippen LogP contribution is 2.33. The van der Waals surface area contributed by atoms with Crippen molar-refractivity contribution in [3.63, 3.8) is 0 Å². The predicted molar refractivity (Wildman–Crippen MR) is 113 cm³/mol. The summed E-state index contributed by atoms with van der Waals surface area (Å²) in [6.45, 7) is 14.8. The van der Waals surface area contributed by atoms with Gasteiger partial charge in [-0.2, -0.15) is 0 Å². The van der Waals surface area contributed by atoms with Gasteiger partial charge >= 0.3 is 0 Å². The monoisotopic (exact) mass is 452 g/mol. The van der Waals surface area contributed by atoms with Gasteiger partial charge in [-0.3, -0.25) is 9.79 Å². The normalized spacial score (nSPS) is 21.4. The Morgan fingerprint density at radius 1 is 1.29 bits per heavy atom. The Hall–Kier alpha value is -0.530. The second-order valence-corrected chi connectivity index (χ2v) is 7.27. The van der Waals surface area contributed by atoms with E-state index in [1.165, 1.54) is 25.7 Å². The third-order valence-electron chi connectivity index (χ3n) is 4.47. The van der Waals surface area contributed by atoms with Gasteiger partial charge in [-0.1, -0.05) is 34.1 Å². The Balaban J connectivity index is 0.00000529. The molecule has 1 unspecified atom stereocenters. The number of guanidine groups is 1. The number of aliphatic imine (C=N–C) groups is 1. The molecule has 0 aromatic carbocycles. The molecule has 2 N–H and O–H groups in total. The van der Waals surface area contributed by atoms with Gasteiger partial charge in [-0.15, -0.1) is 24.0 Å². The first kappa shape index (κ1) is 23.5. The summed E-state index contributed by atoms with van der Waals surface area (Å²) in [5.41, 5.74) is 0.398. The zero-order valence-electron chi connectivity index (χ0n) is 16.2. The molecule has 1 rings (SSSR count). The second kappa shape index (κ2) is 11.9. The third kappa shape index (κ3) is 8.03. The zero-order chi connectivity index (χ0) is 17.3. The Morgan fingerprint density at radius 2 is 2.00 bits per heavy atom. The molecule has 0 aromatic heterocycles. The quantitative estimate of drug-likeness (QED) is 0.270. The summed E-state index contributed by atoms with van der Waals surface area (Å²) in [6.07, 6.45) is 5.04. The zero-order valence-corrected chi connectivity index (χ0v) is 18.5. The molecule has 1 aliphatic rings. The first-order chi connectivity index (χ1) is 10.9. The fourth-order valence-corrected chi connectivity index (χ4v) is 3.27. The molecule has 5 nitrogen and oxygen atoms in total. The van der Waals surface area contributed by atoms with Crippen LogP contribution in [0.1, 0.15) is 60.3 Å². The summed E-state index contributed by atoms with van der Waals surface area (Å²) in [5.74, 6) is 1.12. The molecule has 24 heavy (non-hydrogen) atoms. The molecule has 1 fully saturated rings. The Labute approximate surface area is 165 Å². The Kier molecular flexibility index (Phi) is 11.7. The van der Waals surface area contributed by atoms with Crippen LogP contribution >= 0.6 is 24.0 Å². The summed E-state index contributed by atoms with van der Waals surface area (Å²) >= 11 is 0. The predicted octanol–water partition coefficient (Wildman–Crippen LogP) is 3.24. The van der Waals surface area contributed by atoms with Crippen LogP contribution in [0.25, 0.3) is 0 Å². The lowest BCUT2D eigenvalue weighted by Gasteiger charge is -2.42. The molecular formula is C18H37IN4O. The van der Waals surface area contributed by atoms with Gasteiger partial charge in [0.25, 0.3) is 0 Å². The molecule has 0 aliphatic carbocycles. The van der Waals surface area contributed by atoms with E-state index in [-0.39, 0.29) is 35.8 Å². The molecular weight excluding hydrogens is 415 g/mol. The van der Waals surface area contributed by atoms with Gasteiger partial charge in [-0.05, 0) is 31.6 Å². The number of hydrogen-bond donors (Lipinski definition) is 2. The van der Waals surface area contributed by atoms with Gasteiger partial charge in [0.15, 0.2) is 5.96 Å². The SMILES string of the molecule is CCCC1(C)CCCN(C(=NCCNC(=O)C(C)C)NCC)C1.I. The number of halogens is 1. The van der Waals surface area contributed by atoms with Crippen molar-refractivity contribution in [1.82, 2.24) is 15.5 Å². The van der Waals surface area contributed by atoms with Crippen molar-refractivity contribution >= 4 is 35.8 Å². The fourth-order valence-electron chi connectivity index (χ4n) is 3.27. The number of amides is 1. The topological polar surface area (TPSA) is 56.7 Å². The number of nitrogens with one attached hydrogen (secondary N) is 2. The molecule has 0 radical (unpaired) electrons. The first-order valence-electron chi connectivity index (χ1n) is 9.23. The average molecular weight is 452 g/mol. The van der Waals surface area contributed by atoms with Gasteiger partial charge in [0.1, 0.15) is 0 Å². The highest BCUT2D eigenvalue weighted by atomic mass is 127. The van der Waals surface area contributed by atoms with Crippen molar-refractivity contribution in [1.29, 1.82) is 0 Å². The summed E-state index contributed by atoms with van der Waals surface area (Å²) < 4.78 is 0. The highest BCUT2D eigenvalue weighted by molar-refractivity contribution is 14.0. The summed E-state index contributed by atoms with van der Waals surface area (Å²) in [5, 5.41) is 6.33. The smallest absolute Gasteiger partial charge is 0.222 e. The molecule has 1 amide bonds. The van der Waals surface area contributed by atoms with Crippen molar-refractivity contribution in [3.8, 4) is 0 Å². The first-order valence-corrected chi connectivity index (χ1v) is 9.23. The maximum Gasteiger partial charge on any atom is 0.222 e. The summed E-state index contributed by atoms with van der Waals surface area (Å²) in [6, 6.07) is 0. The van der Waals surface area contributed by atoms with Crippen LogP contribution in [-0.2, 0) is 4.79 Å². The summed E-state index contributed by atoms with van der Waals surface area (Å²) in [7, 11) is 0. The average Bonchev–Trinajstić information content (AvgIpc) is 2.50. The van der Waals surface area contributed by atoms with Gasteiger partial charge in [0, 0.05) is 32.1 Å². The Bertz CT molecular complexity index is 396. The van der Waals surface area contributed by atoms with E-state index in [0.29, 0.717) is 18.5 Å². The van der Waals surface area contributed by atoms with Crippen molar-refractivity contribution in [2.24, 2.45) is 16.3 Å². The molecule has 1 aliphatic heterocycles. The van der Waals surface area contributed by atoms with Crippen LogP contribution in [0.2, 0.25) is 0 Å².